The van der Waals surface area contributed by atoms with Crippen molar-refractivity contribution in [1.29, 1.82) is 0 Å². The molecule has 2 atom stereocenters. The number of nitrogens with two attached hydrogens (primary N) is 1. The second kappa shape index (κ2) is 5.90. The summed E-state index contributed by atoms with van der Waals surface area (Å²) in [7, 11) is 0. The molecule has 16 heavy (non-hydrogen) atoms. The van der Waals surface area contributed by atoms with E-state index in [9.17, 15) is 0 Å². The lowest BCUT2D eigenvalue weighted by Gasteiger charge is -2.27. The molecular weight excluding hydrogens is 198 g/mol. The van der Waals surface area contributed by atoms with E-state index < -0.39 is 0 Å². The minimum atomic E-state index is 0.195. The molecule has 0 bridgehead atoms. The van der Waals surface area contributed by atoms with E-state index in [2.05, 4.69) is 0 Å². The van der Waals surface area contributed by atoms with E-state index in [0.29, 0.717) is 0 Å². The average molecular weight is 219 g/mol. The molecule has 0 heterocycles. The Hall–Kier alpha value is -1.02. The van der Waals surface area contributed by atoms with E-state index in [4.69, 9.17) is 10.5 Å². The quantitative estimate of drug-likeness (QED) is 0.829. The number of hydrogen-bond donors (Lipinski definition) is 1. The summed E-state index contributed by atoms with van der Waals surface area (Å²) >= 11 is 0. The molecule has 0 saturated heterocycles. The molecule has 1 aliphatic carbocycles. The van der Waals surface area contributed by atoms with E-state index in [1.807, 2.05) is 30.3 Å². The van der Waals surface area contributed by atoms with Crippen molar-refractivity contribution < 1.29 is 4.74 Å². The second-order valence-corrected chi connectivity index (χ2v) is 4.62. The molecule has 1 fully saturated rings. The van der Waals surface area contributed by atoms with Gasteiger partial charge in [0.25, 0.3) is 0 Å². The predicted molar refractivity (Wildman–Crippen MR) is 66.5 cm³/mol. The molecule has 2 nitrogen and oxygen atoms in total. The molecule has 88 valence electrons. The van der Waals surface area contributed by atoms with Crippen LogP contribution in [-0.2, 0) is 0 Å². The summed E-state index contributed by atoms with van der Waals surface area (Å²) in [5.41, 5.74) is 6.17. The van der Waals surface area contributed by atoms with Gasteiger partial charge in [-0.05, 0) is 31.4 Å². The van der Waals surface area contributed by atoms with Crippen molar-refractivity contribution in [2.75, 3.05) is 0 Å². The summed E-state index contributed by atoms with van der Waals surface area (Å²) in [4.78, 5) is 0. The normalized spacial score (nSPS) is 26.8. The van der Waals surface area contributed by atoms with Gasteiger partial charge in [0.05, 0.1) is 0 Å². The van der Waals surface area contributed by atoms with Crippen molar-refractivity contribution in [3.8, 4) is 5.75 Å². The van der Waals surface area contributed by atoms with Crippen molar-refractivity contribution in [3.05, 3.63) is 30.3 Å². The highest BCUT2D eigenvalue weighted by Crippen LogP contribution is 2.21. The van der Waals surface area contributed by atoms with Gasteiger partial charge in [-0.25, -0.2) is 0 Å². The Morgan fingerprint density at radius 2 is 1.62 bits per heavy atom. The third kappa shape index (κ3) is 3.24. The monoisotopic (exact) mass is 219 g/mol. The molecule has 1 aromatic rings. The standard InChI is InChI=1S/C14H21NO/c15-13-10-6-1-2-7-11-14(13)16-12-8-4-3-5-9-12/h3-5,8-9,13-14H,1-2,6-7,10-11,15H2/t13-,14+/m1/s1. The predicted octanol–water partition coefficient (Wildman–Crippen LogP) is 3.12. The summed E-state index contributed by atoms with van der Waals surface area (Å²) in [5, 5.41) is 0. The Labute approximate surface area is 97.8 Å². The zero-order chi connectivity index (χ0) is 11.2. The number of para-hydroxylation sites is 1. The van der Waals surface area contributed by atoms with Gasteiger partial charge >= 0.3 is 0 Å². The van der Waals surface area contributed by atoms with E-state index in [1.165, 1.54) is 25.7 Å². The van der Waals surface area contributed by atoms with Crippen LogP contribution in [0.15, 0.2) is 30.3 Å². The van der Waals surface area contributed by atoms with Gasteiger partial charge in [-0.1, -0.05) is 37.5 Å². The maximum Gasteiger partial charge on any atom is 0.119 e. The van der Waals surface area contributed by atoms with Crippen LogP contribution in [0.5, 0.6) is 5.75 Å². The highest BCUT2D eigenvalue weighted by molar-refractivity contribution is 5.21. The lowest BCUT2D eigenvalue weighted by Crippen LogP contribution is -2.39. The summed E-state index contributed by atoms with van der Waals surface area (Å²) in [6.07, 6.45) is 7.52. The van der Waals surface area contributed by atoms with Crippen LogP contribution in [0.4, 0.5) is 0 Å². The molecule has 0 aliphatic heterocycles. The van der Waals surface area contributed by atoms with Crippen LogP contribution in [0.25, 0.3) is 0 Å². The fraction of sp³-hybridized carbons (Fsp3) is 0.571. The number of rotatable bonds is 2. The third-order valence-corrected chi connectivity index (χ3v) is 3.28. The SMILES string of the molecule is N[C@@H]1CCCCCC[C@@H]1Oc1ccccc1. The lowest BCUT2D eigenvalue weighted by molar-refractivity contribution is 0.145. The first-order valence-electron chi connectivity index (χ1n) is 6.33. The molecule has 1 saturated carbocycles. The fourth-order valence-electron chi connectivity index (χ4n) is 2.30. The Morgan fingerprint density at radius 3 is 2.38 bits per heavy atom. The van der Waals surface area contributed by atoms with E-state index >= 15 is 0 Å². The van der Waals surface area contributed by atoms with Gasteiger partial charge in [-0.3, -0.25) is 0 Å². The zero-order valence-electron chi connectivity index (χ0n) is 9.77. The zero-order valence-corrected chi connectivity index (χ0v) is 9.77. The average Bonchev–Trinajstić information content (AvgIpc) is 2.30. The van der Waals surface area contributed by atoms with Crippen LogP contribution in [0.1, 0.15) is 38.5 Å². The smallest absolute Gasteiger partial charge is 0.119 e. The maximum absolute atomic E-state index is 6.17. The van der Waals surface area contributed by atoms with Crippen LogP contribution in [0.2, 0.25) is 0 Å². The summed E-state index contributed by atoms with van der Waals surface area (Å²) in [6, 6.07) is 10.2. The highest BCUT2D eigenvalue weighted by atomic mass is 16.5. The first-order chi connectivity index (χ1) is 7.86. The van der Waals surface area contributed by atoms with Gasteiger partial charge in [0.15, 0.2) is 0 Å². The molecule has 0 amide bonds. The van der Waals surface area contributed by atoms with Crippen molar-refractivity contribution in [2.45, 2.75) is 50.7 Å². The van der Waals surface area contributed by atoms with Gasteiger partial charge in [0, 0.05) is 6.04 Å². The minimum Gasteiger partial charge on any atom is -0.489 e. The van der Waals surface area contributed by atoms with Crippen LogP contribution in [0, 0.1) is 0 Å². The van der Waals surface area contributed by atoms with Crippen molar-refractivity contribution in [1.82, 2.24) is 0 Å². The van der Waals surface area contributed by atoms with Gasteiger partial charge in [-0.2, -0.15) is 0 Å². The van der Waals surface area contributed by atoms with Crippen molar-refractivity contribution in [2.24, 2.45) is 5.73 Å². The maximum atomic E-state index is 6.17. The summed E-state index contributed by atoms with van der Waals surface area (Å²) < 4.78 is 5.98. The molecule has 1 aliphatic rings. The highest BCUT2D eigenvalue weighted by Gasteiger charge is 2.20. The Morgan fingerprint density at radius 1 is 0.938 bits per heavy atom. The molecule has 0 unspecified atom stereocenters. The lowest BCUT2D eigenvalue weighted by atomic mass is 9.95. The van der Waals surface area contributed by atoms with Gasteiger partial charge in [0.2, 0.25) is 0 Å². The number of hydrogen-bond acceptors (Lipinski definition) is 2. The van der Waals surface area contributed by atoms with Crippen LogP contribution >= 0.6 is 0 Å². The first kappa shape index (κ1) is 11.5. The minimum absolute atomic E-state index is 0.195. The molecule has 0 aromatic heterocycles. The Balaban J connectivity index is 1.95. The Kier molecular flexibility index (Phi) is 4.23. The molecule has 2 N–H and O–H groups in total. The second-order valence-electron chi connectivity index (χ2n) is 4.62. The van der Waals surface area contributed by atoms with Crippen LogP contribution < -0.4 is 10.5 Å². The van der Waals surface area contributed by atoms with Crippen molar-refractivity contribution in [3.63, 3.8) is 0 Å². The van der Waals surface area contributed by atoms with E-state index in [-0.39, 0.29) is 12.1 Å². The Bertz CT molecular complexity index is 299. The van der Waals surface area contributed by atoms with Gasteiger partial charge in [-0.15, -0.1) is 0 Å². The van der Waals surface area contributed by atoms with Gasteiger partial charge in [0.1, 0.15) is 11.9 Å². The molecule has 2 heteroatoms. The molecule has 1 aromatic carbocycles. The third-order valence-electron chi connectivity index (χ3n) is 3.28. The van der Waals surface area contributed by atoms with E-state index in [0.717, 1.165) is 18.6 Å². The first-order valence-corrected chi connectivity index (χ1v) is 6.33. The van der Waals surface area contributed by atoms with Gasteiger partial charge < -0.3 is 10.5 Å². The summed E-state index contributed by atoms with van der Waals surface area (Å²) in [5.74, 6) is 0.948. The topological polar surface area (TPSA) is 35.2 Å². The van der Waals surface area contributed by atoms with Crippen molar-refractivity contribution >= 4 is 0 Å². The summed E-state index contributed by atoms with van der Waals surface area (Å²) in [6.45, 7) is 0. The van der Waals surface area contributed by atoms with Crippen LogP contribution in [0.3, 0.4) is 0 Å². The fourth-order valence-corrected chi connectivity index (χ4v) is 2.30. The molecule has 0 radical (unpaired) electrons. The number of benzene rings is 1. The van der Waals surface area contributed by atoms with Crippen LogP contribution in [-0.4, -0.2) is 12.1 Å². The largest absolute Gasteiger partial charge is 0.489 e. The molecule has 0 spiro atoms. The van der Waals surface area contributed by atoms with E-state index in [1.54, 1.807) is 0 Å². The molecule has 2 rings (SSSR count). The molecular formula is C14H21NO. The number of ether oxygens (including phenoxy) is 1.